The van der Waals surface area contributed by atoms with Crippen LogP contribution in [0, 0.1) is 0 Å². The number of amidine groups is 1. The maximum atomic E-state index is 10.9. The molecule has 0 aliphatic heterocycles. The largest absolute Gasteiger partial charge is 0.494 e. The van der Waals surface area contributed by atoms with Crippen LogP contribution in [0.15, 0.2) is 16.0 Å². The fraction of sp³-hybridized carbons (Fsp3) is 0.333. The molecule has 0 spiro atoms. The smallest absolute Gasteiger partial charge is 0.254 e. The standard InChI is InChI=1S/C9H14N4O4S/c1-11-8(6(15)7(10)16)13(2)18-4-3-5(14)12-9(4)17/h3,6,12,14-15,17H,1-2H3,(H2,10,16). The van der Waals surface area contributed by atoms with Gasteiger partial charge in [0.1, 0.15) is 5.84 Å². The number of amides is 1. The summed E-state index contributed by atoms with van der Waals surface area (Å²) in [4.78, 5) is 17.3. The first-order valence-corrected chi connectivity index (χ1v) is 5.60. The molecule has 1 amide bonds. The van der Waals surface area contributed by atoms with Gasteiger partial charge in [0.05, 0.1) is 4.90 Å². The Kier molecular flexibility index (Phi) is 4.45. The van der Waals surface area contributed by atoms with Gasteiger partial charge in [0.15, 0.2) is 12.0 Å². The van der Waals surface area contributed by atoms with Gasteiger partial charge in [-0.05, 0) is 11.9 Å². The molecule has 0 aromatic carbocycles. The third kappa shape index (κ3) is 3.08. The van der Waals surface area contributed by atoms with Crippen LogP contribution in [0.5, 0.6) is 11.8 Å². The second kappa shape index (κ2) is 5.65. The maximum absolute atomic E-state index is 10.9. The Morgan fingerprint density at radius 3 is 2.61 bits per heavy atom. The molecule has 1 aromatic rings. The van der Waals surface area contributed by atoms with Gasteiger partial charge in [0.25, 0.3) is 5.91 Å². The number of likely N-dealkylation sites (N-methyl/N-ethyl adjacent to an activating group) is 1. The molecule has 1 aromatic heterocycles. The van der Waals surface area contributed by atoms with Gasteiger partial charge < -0.3 is 25.4 Å². The molecule has 100 valence electrons. The van der Waals surface area contributed by atoms with E-state index in [-0.39, 0.29) is 17.6 Å². The lowest BCUT2D eigenvalue weighted by Gasteiger charge is -2.21. The van der Waals surface area contributed by atoms with E-state index in [0.29, 0.717) is 4.90 Å². The summed E-state index contributed by atoms with van der Waals surface area (Å²) in [5, 5.41) is 28.1. The van der Waals surface area contributed by atoms with Crippen molar-refractivity contribution in [2.75, 3.05) is 14.1 Å². The van der Waals surface area contributed by atoms with Crippen LogP contribution in [0.1, 0.15) is 0 Å². The van der Waals surface area contributed by atoms with E-state index in [4.69, 9.17) is 10.8 Å². The number of hydrogen-bond donors (Lipinski definition) is 5. The lowest BCUT2D eigenvalue weighted by molar-refractivity contribution is -0.123. The number of nitrogens with two attached hydrogens (primary N) is 1. The van der Waals surface area contributed by atoms with Gasteiger partial charge in [-0.1, -0.05) is 0 Å². The lowest BCUT2D eigenvalue weighted by atomic mass is 10.3. The van der Waals surface area contributed by atoms with E-state index in [0.717, 1.165) is 11.9 Å². The van der Waals surface area contributed by atoms with Crippen molar-refractivity contribution >= 4 is 23.7 Å². The molecule has 1 heterocycles. The highest BCUT2D eigenvalue weighted by atomic mass is 32.2. The summed E-state index contributed by atoms with van der Waals surface area (Å²) in [7, 11) is 2.93. The van der Waals surface area contributed by atoms with Gasteiger partial charge in [-0.15, -0.1) is 0 Å². The summed E-state index contributed by atoms with van der Waals surface area (Å²) in [6, 6.07) is 1.29. The number of H-pyrrole nitrogens is 1. The van der Waals surface area contributed by atoms with Gasteiger partial charge in [0, 0.05) is 20.2 Å². The van der Waals surface area contributed by atoms with E-state index >= 15 is 0 Å². The predicted octanol–water partition coefficient (Wildman–Crippen LogP) is -0.761. The summed E-state index contributed by atoms with van der Waals surface area (Å²) < 4.78 is 1.36. The number of carbonyl (C=O) groups is 1. The minimum atomic E-state index is -1.54. The van der Waals surface area contributed by atoms with Crippen molar-refractivity contribution in [3.8, 4) is 11.8 Å². The zero-order chi connectivity index (χ0) is 13.9. The molecular weight excluding hydrogens is 260 g/mol. The first-order chi connectivity index (χ1) is 8.36. The monoisotopic (exact) mass is 274 g/mol. The molecule has 1 unspecified atom stereocenters. The van der Waals surface area contributed by atoms with Gasteiger partial charge >= 0.3 is 0 Å². The summed E-state index contributed by atoms with van der Waals surface area (Å²) in [5.41, 5.74) is 4.98. The maximum Gasteiger partial charge on any atom is 0.254 e. The molecule has 0 bridgehead atoms. The van der Waals surface area contributed by atoms with Crippen molar-refractivity contribution in [3.05, 3.63) is 6.07 Å². The predicted molar refractivity (Wildman–Crippen MR) is 66.3 cm³/mol. The molecular formula is C9H14N4O4S. The van der Waals surface area contributed by atoms with Crippen molar-refractivity contribution in [2.24, 2.45) is 10.7 Å². The average Bonchev–Trinajstić information content (AvgIpc) is 2.58. The normalized spacial score (nSPS) is 13.4. The van der Waals surface area contributed by atoms with Crippen LogP contribution < -0.4 is 5.73 Å². The molecule has 8 nitrogen and oxygen atoms in total. The number of aromatic nitrogens is 1. The number of aliphatic hydroxyl groups is 1. The van der Waals surface area contributed by atoms with Gasteiger partial charge in [-0.25, -0.2) is 0 Å². The minimum absolute atomic E-state index is 0.0348. The molecule has 0 aliphatic rings. The second-order valence-electron chi connectivity index (χ2n) is 3.34. The summed E-state index contributed by atoms with van der Waals surface area (Å²) in [6.45, 7) is 0. The molecule has 9 heteroatoms. The van der Waals surface area contributed by atoms with Crippen LogP contribution in [0.3, 0.4) is 0 Å². The van der Waals surface area contributed by atoms with Crippen molar-refractivity contribution in [2.45, 2.75) is 11.0 Å². The second-order valence-corrected chi connectivity index (χ2v) is 4.51. The molecule has 6 N–H and O–H groups in total. The number of aliphatic imine (C=N–C) groups is 1. The van der Waals surface area contributed by atoms with E-state index in [1.165, 1.54) is 24.5 Å². The van der Waals surface area contributed by atoms with Gasteiger partial charge in [0.2, 0.25) is 5.88 Å². The van der Waals surface area contributed by atoms with Crippen molar-refractivity contribution < 1.29 is 20.1 Å². The topological polar surface area (TPSA) is 135 Å². The fourth-order valence-corrected chi connectivity index (χ4v) is 2.11. The molecule has 1 atom stereocenters. The van der Waals surface area contributed by atoms with Crippen LogP contribution >= 0.6 is 11.9 Å². The molecule has 0 saturated heterocycles. The average molecular weight is 274 g/mol. The van der Waals surface area contributed by atoms with Crippen LogP contribution in [0.2, 0.25) is 0 Å². The van der Waals surface area contributed by atoms with Crippen molar-refractivity contribution in [1.82, 2.24) is 9.29 Å². The highest BCUT2D eigenvalue weighted by Crippen LogP contribution is 2.33. The summed E-state index contributed by atoms with van der Waals surface area (Å²) >= 11 is 0.963. The minimum Gasteiger partial charge on any atom is -0.494 e. The number of primary amides is 1. The van der Waals surface area contributed by atoms with Crippen LogP contribution in [0.4, 0.5) is 0 Å². The Hall–Kier alpha value is -1.87. The van der Waals surface area contributed by atoms with Crippen LogP contribution in [-0.4, -0.2) is 56.6 Å². The van der Waals surface area contributed by atoms with Gasteiger partial charge in [-0.2, -0.15) is 0 Å². The fourth-order valence-electron chi connectivity index (χ4n) is 1.24. The summed E-state index contributed by atoms with van der Waals surface area (Å²) in [6.07, 6.45) is -1.54. The Bertz CT molecular complexity index is 473. The van der Waals surface area contributed by atoms with E-state index in [1.54, 1.807) is 0 Å². The third-order valence-electron chi connectivity index (χ3n) is 2.05. The number of carbonyl (C=O) groups excluding carboxylic acids is 1. The van der Waals surface area contributed by atoms with Gasteiger partial charge in [-0.3, -0.25) is 14.8 Å². The van der Waals surface area contributed by atoms with Crippen molar-refractivity contribution in [3.63, 3.8) is 0 Å². The Balaban J connectivity index is 2.84. The zero-order valence-electron chi connectivity index (χ0n) is 9.78. The molecule has 1 rings (SSSR count). The van der Waals surface area contributed by atoms with E-state index in [1.807, 2.05) is 0 Å². The van der Waals surface area contributed by atoms with E-state index in [9.17, 15) is 15.0 Å². The lowest BCUT2D eigenvalue weighted by Crippen LogP contribution is -2.41. The van der Waals surface area contributed by atoms with E-state index < -0.39 is 12.0 Å². The first-order valence-electron chi connectivity index (χ1n) is 4.83. The number of nitrogens with zero attached hydrogens (tertiary/aromatic N) is 2. The van der Waals surface area contributed by atoms with E-state index in [2.05, 4.69) is 9.98 Å². The zero-order valence-corrected chi connectivity index (χ0v) is 10.6. The Morgan fingerprint density at radius 2 is 2.22 bits per heavy atom. The molecule has 0 aliphatic carbocycles. The van der Waals surface area contributed by atoms with Crippen molar-refractivity contribution in [1.29, 1.82) is 0 Å². The summed E-state index contributed by atoms with van der Waals surface area (Å²) in [5.74, 6) is -1.32. The highest BCUT2D eigenvalue weighted by molar-refractivity contribution is 7.97. The number of nitrogens with one attached hydrogen (secondary N) is 1. The number of aromatic hydroxyl groups is 2. The first kappa shape index (κ1) is 14.2. The number of hydrogen-bond acceptors (Lipinski definition) is 6. The SMILES string of the molecule is CN=C(C(O)C(N)=O)N(C)Sc1cc(O)[nH]c1O. The molecule has 0 fully saturated rings. The highest BCUT2D eigenvalue weighted by Gasteiger charge is 2.23. The van der Waals surface area contributed by atoms with Crippen LogP contribution in [-0.2, 0) is 4.79 Å². The molecule has 0 radical (unpaired) electrons. The molecule has 18 heavy (non-hydrogen) atoms. The van der Waals surface area contributed by atoms with Crippen LogP contribution in [0.25, 0.3) is 0 Å². The number of aromatic amines is 1. The molecule has 0 saturated carbocycles. The third-order valence-corrected chi connectivity index (χ3v) is 3.02. The Labute approximate surface area is 107 Å². The Morgan fingerprint density at radius 1 is 1.61 bits per heavy atom. The number of aliphatic hydroxyl groups excluding tert-OH is 1. The number of rotatable bonds is 4. The quantitative estimate of drug-likeness (QED) is 0.278.